The van der Waals surface area contributed by atoms with Crippen LogP contribution < -0.4 is 5.43 Å². The van der Waals surface area contributed by atoms with Gasteiger partial charge in [-0.05, 0) is 19.3 Å². The molecule has 1 saturated heterocycles. The molecule has 2 heterocycles. The van der Waals surface area contributed by atoms with Crippen molar-refractivity contribution in [2.75, 3.05) is 18.5 Å². The first-order valence-corrected chi connectivity index (χ1v) is 5.82. The normalized spacial score (nSPS) is 17.4. The van der Waals surface area contributed by atoms with Crippen molar-refractivity contribution in [2.45, 2.75) is 32.6 Å². The van der Waals surface area contributed by atoms with Crippen LogP contribution in [-0.4, -0.2) is 28.1 Å². The Hall–Kier alpha value is -1.23. The Bertz CT molecular complexity index is 350. The molecule has 1 fully saturated rings. The maximum atomic E-state index is 13.8. The van der Waals surface area contributed by atoms with Crippen LogP contribution in [0, 0.1) is 5.82 Å². The van der Waals surface area contributed by atoms with Gasteiger partial charge < -0.3 is 5.43 Å². The summed E-state index contributed by atoms with van der Waals surface area (Å²) in [5.74, 6) is -0.0238. The smallest absolute Gasteiger partial charge is 0.188 e. The van der Waals surface area contributed by atoms with Crippen molar-refractivity contribution in [3.05, 3.63) is 17.8 Å². The predicted molar refractivity (Wildman–Crippen MR) is 60.4 cm³/mol. The van der Waals surface area contributed by atoms with E-state index in [1.165, 1.54) is 12.7 Å². The van der Waals surface area contributed by atoms with Crippen LogP contribution in [0.4, 0.5) is 10.2 Å². The summed E-state index contributed by atoms with van der Waals surface area (Å²) >= 11 is 0. The quantitative estimate of drug-likeness (QED) is 0.852. The third-order valence-corrected chi connectivity index (χ3v) is 2.82. The lowest BCUT2D eigenvalue weighted by atomic mass is 10.2. The van der Waals surface area contributed by atoms with E-state index in [-0.39, 0.29) is 5.82 Å². The zero-order valence-corrected chi connectivity index (χ0v) is 9.54. The number of nitrogens with zero attached hydrogens (tertiary/aromatic N) is 3. The minimum atomic E-state index is -0.324. The van der Waals surface area contributed by atoms with E-state index in [1.807, 2.05) is 11.9 Å². The second kappa shape index (κ2) is 5.21. The highest BCUT2D eigenvalue weighted by Gasteiger charge is 2.14. The molecule has 1 aliphatic heterocycles. The Labute approximate surface area is 94.9 Å². The van der Waals surface area contributed by atoms with Gasteiger partial charge in [0, 0.05) is 13.1 Å². The largest absolute Gasteiger partial charge is 0.301 e. The number of rotatable bonds is 3. The summed E-state index contributed by atoms with van der Waals surface area (Å²) in [5, 5.41) is 2.02. The van der Waals surface area contributed by atoms with Crippen LogP contribution in [0.2, 0.25) is 0 Å². The van der Waals surface area contributed by atoms with Crippen LogP contribution >= 0.6 is 0 Å². The molecule has 1 aromatic heterocycles. The molecular formula is C11H17FN4. The second-order valence-corrected chi connectivity index (χ2v) is 4.00. The number of aryl methyl sites for hydroxylation is 1. The number of anilines is 1. The summed E-state index contributed by atoms with van der Waals surface area (Å²) in [4.78, 5) is 7.85. The van der Waals surface area contributed by atoms with Gasteiger partial charge in [0.15, 0.2) is 11.6 Å². The average molecular weight is 224 g/mol. The molecule has 1 N–H and O–H groups in total. The molecule has 1 aromatic rings. The van der Waals surface area contributed by atoms with E-state index in [0.717, 1.165) is 25.9 Å². The zero-order valence-electron chi connectivity index (χ0n) is 9.54. The SMILES string of the molecule is CCc1ncnc(NN2CCCCC2)c1F. The molecule has 4 nitrogen and oxygen atoms in total. The maximum Gasteiger partial charge on any atom is 0.188 e. The fourth-order valence-electron chi connectivity index (χ4n) is 1.89. The van der Waals surface area contributed by atoms with Crippen molar-refractivity contribution in [3.63, 3.8) is 0 Å². The summed E-state index contributed by atoms with van der Waals surface area (Å²) in [6, 6.07) is 0. The van der Waals surface area contributed by atoms with Crippen molar-refractivity contribution in [1.29, 1.82) is 0 Å². The van der Waals surface area contributed by atoms with Gasteiger partial charge in [0.25, 0.3) is 0 Å². The van der Waals surface area contributed by atoms with Crippen LogP contribution in [0.1, 0.15) is 31.9 Å². The molecule has 0 atom stereocenters. The highest BCUT2D eigenvalue weighted by atomic mass is 19.1. The van der Waals surface area contributed by atoms with Gasteiger partial charge in [-0.3, -0.25) is 0 Å². The lowest BCUT2D eigenvalue weighted by Gasteiger charge is -2.27. The molecule has 0 aromatic carbocycles. The molecule has 0 aliphatic carbocycles. The van der Waals surface area contributed by atoms with E-state index in [4.69, 9.17) is 0 Å². The van der Waals surface area contributed by atoms with E-state index in [2.05, 4.69) is 15.4 Å². The zero-order chi connectivity index (χ0) is 11.4. The van der Waals surface area contributed by atoms with Gasteiger partial charge in [-0.25, -0.2) is 19.4 Å². The highest BCUT2D eigenvalue weighted by molar-refractivity contribution is 5.36. The molecule has 0 amide bonds. The van der Waals surface area contributed by atoms with Gasteiger partial charge in [0.05, 0.1) is 5.69 Å². The number of hydrogen-bond acceptors (Lipinski definition) is 4. The van der Waals surface area contributed by atoms with Crippen molar-refractivity contribution in [1.82, 2.24) is 15.0 Å². The number of piperidine rings is 1. The topological polar surface area (TPSA) is 41.1 Å². The minimum absolute atomic E-state index is 0.300. The molecule has 2 rings (SSSR count). The van der Waals surface area contributed by atoms with Gasteiger partial charge >= 0.3 is 0 Å². The van der Waals surface area contributed by atoms with Gasteiger partial charge in [0.1, 0.15) is 6.33 Å². The summed E-state index contributed by atoms with van der Waals surface area (Å²) in [6.07, 6.45) is 5.56. The fraction of sp³-hybridized carbons (Fsp3) is 0.636. The Morgan fingerprint density at radius 1 is 1.31 bits per heavy atom. The molecule has 5 heteroatoms. The van der Waals surface area contributed by atoms with Crippen LogP contribution in [0.5, 0.6) is 0 Å². The van der Waals surface area contributed by atoms with Crippen molar-refractivity contribution >= 4 is 5.82 Å². The minimum Gasteiger partial charge on any atom is -0.301 e. The lowest BCUT2D eigenvalue weighted by Crippen LogP contribution is -2.35. The molecule has 0 saturated carbocycles. The van der Waals surface area contributed by atoms with Crippen LogP contribution in [-0.2, 0) is 6.42 Å². The van der Waals surface area contributed by atoms with E-state index in [0.29, 0.717) is 17.9 Å². The van der Waals surface area contributed by atoms with Crippen LogP contribution in [0.15, 0.2) is 6.33 Å². The van der Waals surface area contributed by atoms with Crippen LogP contribution in [0.3, 0.4) is 0 Å². The standard InChI is InChI=1S/C11H17FN4/c1-2-9-10(12)11(14-8-13-9)15-16-6-4-3-5-7-16/h8H,2-7H2,1H3,(H,13,14,15). The number of aromatic nitrogens is 2. The molecule has 1 aliphatic rings. The van der Waals surface area contributed by atoms with Gasteiger partial charge in [-0.2, -0.15) is 0 Å². The molecule has 88 valence electrons. The summed E-state index contributed by atoms with van der Waals surface area (Å²) in [5.41, 5.74) is 3.50. The molecule has 0 bridgehead atoms. The van der Waals surface area contributed by atoms with Gasteiger partial charge in [-0.1, -0.05) is 13.3 Å². The molecule has 0 spiro atoms. The maximum absolute atomic E-state index is 13.8. The third-order valence-electron chi connectivity index (χ3n) is 2.82. The molecule has 0 unspecified atom stereocenters. The van der Waals surface area contributed by atoms with E-state index < -0.39 is 0 Å². The lowest BCUT2D eigenvalue weighted by molar-refractivity contribution is 0.270. The first kappa shape index (κ1) is 11.3. The molecule has 16 heavy (non-hydrogen) atoms. The first-order valence-electron chi connectivity index (χ1n) is 5.82. The molecule has 0 radical (unpaired) electrons. The average Bonchev–Trinajstić information content (AvgIpc) is 2.33. The highest BCUT2D eigenvalue weighted by Crippen LogP contribution is 2.16. The van der Waals surface area contributed by atoms with Gasteiger partial charge in [-0.15, -0.1) is 0 Å². The van der Waals surface area contributed by atoms with Gasteiger partial charge in [0.2, 0.25) is 0 Å². The van der Waals surface area contributed by atoms with Crippen molar-refractivity contribution in [3.8, 4) is 0 Å². The first-order chi connectivity index (χ1) is 7.81. The van der Waals surface area contributed by atoms with E-state index in [9.17, 15) is 4.39 Å². The van der Waals surface area contributed by atoms with Crippen LogP contribution in [0.25, 0.3) is 0 Å². The summed E-state index contributed by atoms with van der Waals surface area (Å²) in [7, 11) is 0. The van der Waals surface area contributed by atoms with E-state index in [1.54, 1.807) is 0 Å². The Morgan fingerprint density at radius 2 is 2.06 bits per heavy atom. The number of hydrogen-bond donors (Lipinski definition) is 1. The number of nitrogens with one attached hydrogen (secondary N) is 1. The summed E-state index contributed by atoms with van der Waals surface area (Å²) in [6.45, 7) is 3.78. The molecular weight excluding hydrogens is 207 g/mol. The Balaban J connectivity index is 2.08. The number of hydrazine groups is 1. The predicted octanol–water partition coefficient (Wildman–Crippen LogP) is 1.99. The fourth-order valence-corrected chi connectivity index (χ4v) is 1.89. The summed E-state index contributed by atoms with van der Waals surface area (Å²) < 4.78 is 13.8. The second-order valence-electron chi connectivity index (χ2n) is 4.00. The third kappa shape index (κ3) is 2.47. The van der Waals surface area contributed by atoms with Crippen molar-refractivity contribution in [2.24, 2.45) is 0 Å². The van der Waals surface area contributed by atoms with Crippen molar-refractivity contribution < 1.29 is 4.39 Å². The van der Waals surface area contributed by atoms with E-state index >= 15 is 0 Å². The number of halogens is 1. The Morgan fingerprint density at radius 3 is 2.75 bits per heavy atom. The monoisotopic (exact) mass is 224 g/mol. The Kier molecular flexibility index (Phi) is 3.66.